The van der Waals surface area contributed by atoms with Crippen molar-refractivity contribution in [2.24, 2.45) is 0 Å². The summed E-state index contributed by atoms with van der Waals surface area (Å²) in [5, 5.41) is 9.10. The molecule has 2 fully saturated rings. The first-order chi connectivity index (χ1) is 11.7. The summed E-state index contributed by atoms with van der Waals surface area (Å²) in [5.74, 6) is 0.384. The number of aromatic hydroxyl groups is 1. The summed E-state index contributed by atoms with van der Waals surface area (Å²) in [4.78, 5) is 0. The van der Waals surface area contributed by atoms with Crippen LogP contribution < -0.4 is 0 Å². The van der Waals surface area contributed by atoms with Crippen LogP contribution in [0.25, 0.3) is 0 Å². The Labute approximate surface area is 144 Å². The van der Waals surface area contributed by atoms with E-state index in [4.69, 9.17) is 19.3 Å². The van der Waals surface area contributed by atoms with Gasteiger partial charge >= 0.3 is 0 Å². The van der Waals surface area contributed by atoms with Gasteiger partial charge < -0.3 is 19.3 Å². The molecule has 2 aliphatic heterocycles. The van der Waals surface area contributed by atoms with Gasteiger partial charge in [-0.05, 0) is 31.0 Å². The van der Waals surface area contributed by atoms with E-state index in [0.717, 1.165) is 37.6 Å². The van der Waals surface area contributed by atoms with E-state index in [1.165, 1.54) is 0 Å². The predicted molar refractivity (Wildman–Crippen MR) is 94.3 cm³/mol. The van der Waals surface area contributed by atoms with Crippen LogP contribution in [0.2, 0.25) is 0 Å². The maximum Gasteiger partial charge on any atom is 0.118 e. The van der Waals surface area contributed by atoms with Crippen LogP contribution in [0, 0.1) is 13.8 Å². The maximum atomic E-state index is 9.10. The third-order valence-electron chi connectivity index (χ3n) is 3.65. The van der Waals surface area contributed by atoms with Crippen LogP contribution in [0.4, 0.5) is 0 Å². The first-order valence-corrected chi connectivity index (χ1v) is 8.23. The number of phenolic OH excluding ortho intramolecular Hbond substituents is 1. The Kier molecular flexibility index (Phi) is 7.75. The molecule has 2 unspecified atom stereocenters. The highest BCUT2D eigenvalue weighted by Gasteiger charge is 2.26. The van der Waals surface area contributed by atoms with Crippen LogP contribution >= 0.6 is 0 Å². The lowest BCUT2D eigenvalue weighted by atomic mass is 10.1. The Balaban J connectivity index is 0.000000133. The zero-order chi connectivity index (χ0) is 17.2. The van der Waals surface area contributed by atoms with Gasteiger partial charge in [0.05, 0.1) is 26.4 Å². The summed E-state index contributed by atoms with van der Waals surface area (Å²) >= 11 is 0. The Hall–Kier alpha value is -1.88. The van der Waals surface area contributed by atoms with Crippen LogP contribution in [0.1, 0.15) is 11.1 Å². The van der Waals surface area contributed by atoms with Gasteiger partial charge in [-0.15, -0.1) is 0 Å². The van der Waals surface area contributed by atoms with Crippen molar-refractivity contribution in [3.05, 3.63) is 65.7 Å². The van der Waals surface area contributed by atoms with Crippen molar-refractivity contribution in [3.63, 3.8) is 0 Å². The van der Waals surface area contributed by atoms with Crippen molar-refractivity contribution in [1.82, 2.24) is 0 Å². The van der Waals surface area contributed by atoms with Gasteiger partial charge in [-0.3, -0.25) is 0 Å². The minimum atomic E-state index is 0.384. The largest absolute Gasteiger partial charge is 0.508 e. The molecule has 0 spiro atoms. The minimum absolute atomic E-state index is 0.384. The fourth-order valence-corrected chi connectivity index (χ4v) is 1.78. The van der Waals surface area contributed by atoms with E-state index in [2.05, 4.69) is 0 Å². The normalized spacial score (nSPS) is 20.1. The van der Waals surface area contributed by atoms with Gasteiger partial charge in [-0.1, -0.05) is 48.5 Å². The van der Waals surface area contributed by atoms with Gasteiger partial charge in [0, 0.05) is 0 Å². The van der Waals surface area contributed by atoms with E-state index in [0.29, 0.717) is 18.0 Å². The monoisotopic (exact) mass is 330 g/mol. The number of benzene rings is 2. The summed E-state index contributed by atoms with van der Waals surface area (Å²) in [6, 6.07) is 17.5. The third-order valence-corrected chi connectivity index (χ3v) is 3.65. The van der Waals surface area contributed by atoms with Crippen molar-refractivity contribution in [1.29, 1.82) is 0 Å². The molecule has 4 heteroatoms. The molecule has 0 aromatic heterocycles. The van der Waals surface area contributed by atoms with E-state index in [1.807, 2.05) is 62.4 Å². The molecule has 0 radical (unpaired) electrons. The average Bonchev–Trinajstić information content (AvgIpc) is 3.51. The van der Waals surface area contributed by atoms with Crippen molar-refractivity contribution in [3.8, 4) is 5.75 Å². The average molecular weight is 330 g/mol. The first kappa shape index (κ1) is 18.5. The first-order valence-electron chi connectivity index (χ1n) is 8.23. The summed E-state index contributed by atoms with van der Waals surface area (Å²) in [7, 11) is 0. The second-order valence-corrected chi connectivity index (χ2v) is 5.82. The molecule has 2 aromatic carbocycles. The lowest BCUT2D eigenvalue weighted by Crippen LogP contribution is -2.06. The number of phenols is 1. The summed E-state index contributed by atoms with van der Waals surface area (Å²) in [6.07, 6.45) is 0.785. The van der Waals surface area contributed by atoms with Crippen molar-refractivity contribution in [2.75, 3.05) is 26.4 Å². The van der Waals surface area contributed by atoms with Gasteiger partial charge in [0.25, 0.3) is 0 Å². The molecular weight excluding hydrogens is 304 g/mol. The molecule has 2 aromatic rings. The number of ether oxygens (including phenoxy) is 3. The van der Waals surface area contributed by atoms with E-state index < -0.39 is 0 Å². The van der Waals surface area contributed by atoms with Crippen molar-refractivity contribution < 1.29 is 19.3 Å². The molecule has 1 N–H and O–H groups in total. The molecule has 4 nitrogen and oxygen atoms in total. The zero-order valence-corrected chi connectivity index (χ0v) is 14.4. The Morgan fingerprint density at radius 3 is 1.67 bits per heavy atom. The Morgan fingerprint density at radius 2 is 1.33 bits per heavy atom. The van der Waals surface area contributed by atoms with Crippen LogP contribution in [0.5, 0.6) is 5.75 Å². The van der Waals surface area contributed by atoms with Crippen molar-refractivity contribution in [2.45, 2.75) is 26.1 Å². The van der Waals surface area contributed by atoms with E-state index in [-0.39, 0.29) is 0 Å². The lowest BCUT2D eigenvalue weighted by molar-refractivity contribution is 0.102. The number of hydrogen-bond donors (Lipinski definition) is 1. The summed E-state index contributed by atoms with van der Waals surface area (Å²) in [5.41, 5.74) is 2.10. The lowest BCUT2D eigenvalue weighted by Gasteiger charge is -1.99. The van der Waals surface area contributed by atoms with Crippen LogP contribution in [0.3, 0.4) is 0 Å². The van der Waals surface area contributed by atoms with Gasteiger partial charge in [-0.25, -0.2) is 0 Å². The molecule has 2 aliphatic rings. The highest BCUT2D eigenvalue weighted by atomic mass is 16.6. The van der Waals surface area contributed by atoms with Crippen LogP contribution in [-0.2, 0) is 14.2 Å². The molecule has 0 amide bonds. The van der Waals surface area contributed by atoms with E-state index in [9.17, 15) is 0 Å². The summed E-state index contributed by atoms with van der Waals surface area (Å²) in [6.45, 7) is 7.15. The van der Waals surface area contributed by atoms with Gasteiger partial charge in [0.1, 0.15) is 18.0 Å². The van der Waals surface area contributed by atoms with Gasteiger partial charge in [0.2, 0.25) is 0 Å². The number of rotatable bonds is 4. The molecule has 24 heavy (non-hydrogen) atoms. The molecule has 4 rings (SSSR count). The van der Waals surface area contributed by atoms with E-state index >= 15 is 0 Å². The standard InChI is InChI=1S/C8H10O.C6H10O3.C6H6/c1-6-4-3-5-8(9)7(6)2;1(5-3-8-5)7-2-6-4-9-6;1-2-4-6-5-3-1/h3-5,9H,1-2H3;5-6H,1-4H2;1-6H. The topological polar surface area (TPSA) is 54.5 Å². The highest BCUT2D eigenvalue weighted by Crippen LogP contribution is 2.17. The maximum absolute atomic E-state index is 9.10. The molecular formula is C20H26O4. The third kappa shape index (κ3) is 8.11. The quantitative estimate of drug-likeness (QED) is 0.872. The predicted octanol–water partition coefficient (Wildman–Crippen LogP) is 3.50. The van der Waals surface area contributed by atoms with E-state index in [1.54, 1.807) is 6.07 Å². The van der Waals surface area contributed by atoms with Gasteiger partial charge in [0.15, 0.2) is 0 Å². The van der Waals surface area contributed by atoms with Crippen molar-refractivity contribution >= 4 is 0 Å². The zero-order valence-electron chi connectivity index (χ0n) is 14.4. The summed E-state index contributed by atoms with van der Waals surface area (Å²) < 4.78 is 15.1. The van der Waals surface area contributed by atoms with Gasteiger partial charge in [-0.2, -0.15) is 0 Å². The van der Waals surface area contributed by atoms with Crippen LogP contribution in [0.15, 0.2) is 54.6 Å². The molecule has 0 saturated carbocycles. The Bertz CT molecular complexity index is 518. The molecule has 130 valence electrons. The molecule has 0 aliphatic carbocycles. The molecule has 2 atom stereocenters. The van der Waals surface area contributed by atoms with Crippen LogP contribution in [-0.4, -0.2) is 43.7 Å². The minimum Gasteiger partial charge on any atom is -0.508 e. The SMILES string of the molecule is C(OCC1CO1)C1CO1.Cc1cccc(O)c1C.c1ccccc1. The Morgan fingerprint density at radius 1 is 0.875 bits per heavy atom. The smallest absolute Gasteiger partial charge is 0.118 e. The number of hydrogen-bond acceptors (Lipinski definition) is 4. The fourth-order valence-electron chi connectivity index (χ4n) is 1.78. The number of aryl methyl sites for hydroxylation is 1. The second kappa shape index (κ2) is 10.1. The highest BCUT2D eigenvalue weighted by molar-refractivity contribution is 5.36. The second-order valence-electron chi connectivity index (χ2n) is 5.82. The molecule has 2 saturated heterocycles. The molecule has 2 heterocycles. The number of epoxide rings is 2. The fraction of sp³-hybridized carbons (Fsp3) is 0.400. The molecule has 0 bridgehead atoms.